The van der Waals surface area contributed by atoms with Gasteiger partial charge in [0.1, 0.15) is 22.1 Å². The van der Waals surface area contributed by atoms with Gasteiger partial charge in [0.25, 0.3) is 0 Å². The highest BCUT2D eigenvalue weighted by atomic mass is 32.1. The Labute approximate surface area is 112 Å². The number of nitrogens with zero attached hydrogens (tertiary/aromatic N) is 4. The van der Waals surface area contributed by atoms with E-state index in [0.29, 0.717) is 0 Å². The van der Waals surface area contributed by atoms with Gasteiger partial charge in [0, 0.05) is 10.8 Å². The Bertz CT molecular complexity index is 749. The van der Waals surface area contributed by atoms with Crippen LogP contribution < -0.4 is 0 Å². The number of aromatic nitrogens is 4. The topological polar surface area (TPSA) is 51.6 Å². The summed E-state index contributed by atoms with van der Waals surface area (Å²) >= 11 is 2.48. The van der Waals surface area contributed by atoms with Crippen molar-refractivity contribution in [1.82, 2.24) is 17.5 Å². The first-order valence-corrected chi connectivity index (χ1v) is 7.16. The summed E-state index contributed by atoms with van der Waals surface area (Å²) in [6.45, 7) is 4.00. The molecule has 0 aliphatic rings. The van der Waals surface area contributed by atoms with Crippen molar-refractivity contribution in [3.05, 3.63) is 24.3 Å². The second-order valence-corrected chi connectivity index (χ2v) is 4.55. The van der Waals surface area contributed by atoms with E-state index in [4.69, 9.17) is 0 Å². The van der Waals surface area contributed by atoms with Crippen LogP contribution in [0.15, 0.2) is 24.3 Å². The normalized spacial score (nSPS) is 10.8. The van der Waals surface area contributed by atoms with Crippen molar-refractivity contribution in [3.63, 3.8) is 0 Å². The lowest BCUT2D eigenvalue weighted by Gasteiger charge is -1.97. The van der Waals surface area contributed by atoms with Crippen molar-refractivity contribution >= 4 is 56.3 Å². The van der Waals surface area contributed by atoms with Crippen LogP contribution >= 0.6 is 23.5 Å². The molecule has 0 bridgehead atoms. The fourth-order valence-electron chi connectivity index (χ4n) is 1.90. The van der Waals surface area contributed by atoms with E-state index in [2.05, 4.69) is 17.5 Å². The third-order valence-corrected chi connectivity index (χ3v) is 3.73. The molecule has 2 aromatic carbocycles. The van der Waals surface area contributed by atoms with Crippen LogP contribution in [0.3, 0.4) is 0 Å². The molecule has 0 spiro atoms. The zero-order chi connectivity index (χ0) is 12.5. The molecular formula is C12H10N4S2. The molecule has 0 saturated heterocycles. The van der Waals surface area contributed by atoms with Crippen molar-refractivity contribution in [2.45, 2.75) is 13.8 Å². The van der Waals surface area contributed by atoms with Gasteiger partial charge in [-0.25, -0.2) is 0 Å². The van der Waals surface area contributed by atoms with E-state index in [1.165, 1.54) is 23.5 Å². The molecule has 0 aliphatic heterocycles. The third-order valence-electron chi connectivity index (χ3n) is 2.64. The molecule has 0 unspecified atom stereocenters. The third kappa shape index (κ3) is 1.57. The Balaban J connectivity index is 0.000000478. The molecule has 0 atom stereocenters. The minimum Gasteiger partial charge on any atom is -0.173 e. The molecule has 0 N–H and O–H groups in total. The highest BCUT2D eigenvalue weighted by Crippen LogP contribution is 2.28. The first kappa shape index (κ1) is 11.4. The van der Waals surface area contributed by atoms with Gasteiger partial charge in [-0.05, 0) is 24.3 Å². The van der Waals surface area contributed by atoms with Gasteiger partial charge >= 0.3 is 0 Å². The highest BCUT2D eigenvalue weighted by molar-refractivity contribution is 7.00. The molecule has 6 heteroatoms. The number of hydrogen-bond donors (Lipinski definition) is 0. The maximum absolute atomic E-state index is 4.32. The number of rotatable bonds is 0. The van der Waals surface area contributed by atoms with Gasteiger partial charge in [0.05, 0.1) is 23.5 Å². The standard InChI is InChI=1S/C10H4N4S2.C2H6/c1-3-7-10(14-15-11-7)6-2-4-8-9(5(1)6)13-16-12-8;1-2/h1-4H;1-2H3. The molecule has 0 saturated carbocycles. The summed E-state index contributed by atoms with van der Waals surface area (Å²) in [5.41, 5.74) is 3.80. The summed E-state index contributed by atoms with van der Waals surface area (Å²) in [5, 5.41) is 2.21. The lowest BCUT2D eigenvalue weighted by atomic mass is 10.1. The SMILES string of the molecule is CC.c1cc2c(ccc3nsnc32)c2nsnc12. The Morgan fingerprint density at radius 1 is 0.667 bits per heavy atom. The fraction of sp³-hybridized carbons (Fsp3) is 0.167. The van der Waals surface area contributed by atoms with Crippen LogP contribution in [-0.2, 0) is 0 Å². The van der Waals surface area contributed by atoms with E-state index in [1.54, 1.807) is 0 Å². The quantitative estimate of drug-likeness (QED) is 0.488. The van der Waals surface area contributed by atoms with Gasteiger partial charge in [-0.1, -0.05) is 13.8 Å². The average Bonchev–Trinajstić information content (AvgIpc) is 3.08. The maximum Gasteiger partial charge on any atom is 0.112 e. The van der Waals surface area contributed by atoms with Crippen LogP contribution in [-0.4, -0.2) is 17.5 Å². The summed E-state index contributed by atoms with van der Waals surface area (Å²) in [5.74, 6) is 0. The zero-order valence-corrected chi connectivity index (χ0v) is 11.5. The van der Waals surface area contributed by atoms with E-state index in [0.717, 1.165) is 32.8 Å². The number of fused-ring (bicyclic) bond motifs is 5. The maximum atomic E-state index is 4.32. The first-order valence-electron chi connectivity index (χ1n) is 5.70. The van der Waals surface area contributed by atoms with E-state index in [-0.39, 0.29) is 0 Å². The molecule has 18 heavy (non-hydrogen) atoms. The smallest absolute Gasteiger partial charge is 0.112 e. The molecular weight excluding hydrogens is 264 g/mol. The van der Waals surface area contributed by atoms with Crippen molar-refractivity contribution < 1.29 is 0 Å². The summed E-state index contributed by atoms with van der Waals surface area (Å²) in [6, 6.07) is 8.06. The highest BCUT2D eigenvalue weighted by Gasteiger charge is 2.09. The minimum atomic E-state index is 0.944. The second-order valence-electron chi connectivity index (χ2n) is 3.49. The van der Waals surface area contributed by atoms with Crippen molar-refractivity contribution in [3.8, 4) is 0 Å². The lowest BCUT2D eigenvalue weighted by Crippen LogP contribution is -1.78. The van der Waals surface area contributed by atoms with Crippen LogP contribution in [0.5, 0.6) is 0 Å². The largest absolute Gasteiger partial charge is 0.173 e. The van der Waals surface area contributed by atoms with Gasteiger partial charge < -0.3 is 0 Å². The summed E-state index contributed by atoms with van der Waals surface area (Å²) in [7, 11) is 0. The Morgan fingerprint density at radius 3 is 1.56 bits per heavy atom. The Kier molecular flexibility index (Phi) is 2.89. The summed E-state index contributed by atoms with van der Waals surface area (Å²) in [6.07, 6.45) is 0. The minimum absolute atomic E-state index is 0.944. The fourth-order valence-corrected chi connectivity index (χ4v) is 3.00. The van der Waals surface area contributed by atoms with Gasteiger partial charge in [0.15, 0.2) is 0 Å². The van der Waals surface area contributed by atoms with E-state index >= 15 is 0 Å². The predicted molar refractivity (Wildman–Crippen MR) is 77.2 cm³/mol. The van der Waals surface area contributed by atoms with E-state index in [9.17, 15) is 0 Å². The van der Waals surface area contributed by atoms with Crippen LogP contribution in [0.1, 0.15) is 13.8 Å². The first-order chi connectivity index (χ1) is 8.93. The molecule has 4 nitrogen and oxygen atoms in total. The molecule has 2 heterocycles. The van der Waals surface area contributed by atoms with Crippen LogP contribution in [0, 0.1) is 0 Å². The van der Waals surface area contributed by atoms with Crippen LogP contribution in [0.2, 0.25) is 0 Å². The lowest BCUT2D eigenvalue weighted by molar-refractivity contribution is 1.50. The second kappa shape index (κ2) is 4.55. The molecule has 4 rings (SSSR count). The predicted octanol–water partition coefficient (Wildman–Crippen LogP) is 3.88. The molecule has 90 valence electrons. The molecule has 0 aliphatic carbocycles. The van der Waals surface area contributed by atoms with Crippen LogP contribution in [0.25, 0.3) is 32.8 Å². The van der Waals surface area contributed by atoms with E-state index < -0.39 is 0 Å². The van der Waals surface area contributed by atoms with Gasteiger partial charge in [-0.2, -0.15) is 17.5 Å². The number of benzene rings is 2. The Hall–Kier alpha value is -1.66. The summed E-state index contributed by atoms with van der Waals surface area (Å²) < 4.78 is 17.1. The average molecular weight is 274 g/mol. The molecule has 2 aromatic heterocycles. The molecule has 4 aromatic rings. The molecule has 0 fully saturated rings. The van der Waals surface area contributed by atoms with E-state index in [1.807, 2.05) is 38.1 Å². The Morgan fingerprint density at radius 2 is 1.11 bits per heavy atom. The van der Waals surface area contributed by atoms with Crippen molar-refractivity contribution in [2.24, 2.45) is 0 Å². The van der Waals surface area contributed by atoms with Gasteiger partial charge in [0.2, 0.25) is 0 Å². The summed E-state index contributed by atoms with van der Waals surface area (Å²) in [4.78, 5) is 0. The zero-order valence-electron chi connectivity index (χ0n) is 9.91. The molecule has 0 amide bonds. The molecule has 0 radical (unpaired) electrons. The van der Waals surface area contributed by atoms with Gasteiger partial charge in [-0.15, -0.1) is 0 Å². The van der Waals surface area contributed by atoms with Crippen molar-refractivity contribution in [2.75, 3.05) is 0 Å². The van der Waals surface area contributed by atoms with Crippen LogP contribution in [0.4, 0.5) is 0 Å². The van der Waals surface area contributed by atoms with Gasteiger partial charge in [-0.3, -0.25) is 0 Å². The number of hydrogen-bond acceptors (Lipinski definition) is 6. The van der Waals surface area contributed by atoms with Crippen molar-refractivity contribution in [1.29, 1.82) is 0 Å². The monoisotopic (exact) mass is 274 g/mol.